The first kappa shape index (κ1) is 16.9. The number of amides is 1. The molecule has 0 aliphatic heterocycles. The van der Waals surface area contributed by atoms with Crippen molar-refractivity contribution in [3.63, 3.8) is 0 Å². The Kier molecular flexibility index (Phi) is 4.93. The molecule has 0 saturated carbocycles. The summed E-state index contributed by atoms with van der Waals surface area (Å²) in [5.41, 5.74) is 2.08. The highest BCUT2D eigenvalue weighted by Crippen LogP contribution is 2.30. The van der Waals surface area contributed by atoms with Gasteiger partial charge in [-0.25, -0.2) is 0 Å². The molecule has 0 bridgehead atoms. The van der Waals surface area contributed by atoms with E-state index in [0.29, 0.717) is 0 Å². The topological polar surface area (TPSA) is 41.1 Å². The zero-order chi connectivity index (χ0) is 17.0. The van der Waals surface area contributed by atoms with E-state index < -0.39 is 11.7 Å². The Morgan fingerprint density at radius 1 is 1.04 bits per heavy atom. The largest absolute Gasteiger partial charge is 0.416 e. The molecular formula is C17H17F3N2O. The predicted octanol–water partition coefficient (Wildman–Crippen LogP) is 4.37. The lowest BCUT2D eigenvalue weighted by Gasteiger charge is -2.13. The molecule has 0 aromatic heterocycles. The van der Waals surface area contributed by atoms with E-state index in [1.165, 1.54) is 12.1 Å². The molecule has 2 rings (SSSR count). The van der Waals surface area contributed by atoms with Crippen LogP contribution in [-0.4, -0.2) is 12.5 Å². The molecule has 3 nitrogen and oxygen atoms in total. The van der Waals surface area contributed by atoms with Gasteiger partial charge in [-0.15, -0.1) is 0 Å². The summed E-state index contributed by atoms with van der Waals surface area (Å²) < 4.78 is 37.9. The Labute approximate surface area is 132 Å². The van der Waals surface area contributed by atoms with Gasteiger partial charge in [0.2, 0.25) is 5.91 Å². The van der Waals surface area contributed by atoms with E-state index in [1.807, 2.05) is 32.0 Å². The van der Waals surface area contributed by atoms with Gasteiger partial charge in [-0.05, 0) is 43.2 Å². The summed E-state index contributed by atoms with van der Waals surface area (Å²) in [5.74, 6) is -0.320. The number of rotatable bonds is 4. The van der Waals surface area contributed by atoms with Crippen molar-refractivity contribution in [2.75, 3.05) is 17.2 Å². The maximum absolute atomic E-state index is 12.6. The van der Waals surface area contributed by atoms with Crippen molar-refractivity contribution in [3.8, 4) is 0 Å². The number of halogens is 3. The molecule has 2 N–H and O–H groups in total. The summed E-state index contributed by atoms with van der Waals surface area (Å²) in [4.78, 5) is 12.0. The van der Waals surface area contributed by atoms with Gasteiger partial charge < -0.3 is 10.6 Å². The van der Waals surface area contributed by atoms with Crippen molar-refractivity contribution in [2.45, 2.75) is 20.0 Å². The zero-order valence-electron chi connectivity index (χ0n) is 12.8. The lowest BCUT2D eigenvalue weighted by Crippen LogP contribution is -2.22. The normalized spacial score (nSPS) is 11.2. The highest BCUT2D eigenvalue weighted by atomic mass is 19.4. The fourth-order valence-corrected chi connectivity index (χ4v) is 2.18. The summed E-state index contributed by atoms with van der Waals surface area (Å²) in [6.45, 7) is 3.64. The Hall–Kier alpha value is -2.50. The molecule has 122 valence electrons. The van der Waals surface area contributed by atoms with Crippen molar-refractivity contribution in [2.24, 2.45) is 0 Å². The van der Waals surface area contributed by atoms with E-state index in [1.54, 1.807) is 0 Å². The molecule has 0 heterocycles. The minimum Gasteiger partial charge on any atom is -0.376 e. The molecule has 0 fully saturated rings. The van der Waals surface area contributed by atoms with E-state index in [4.69, 9.17) is 0 Å². The summed E-state index contributed by atoms with van der Waals surface area (Å²) in [7, 11) is 0. The number of hydrogen-bond donors (Lipinski definition) is 2. The molecule has 0 spiro atoms. The number of para-hydroxylation sites is 1. The second-order valence-electron chi connectivity index (χ2n) is 5.25. The maximum atomic E-state index is 12.6. The third kappa shape index (κ3) is 4.48. The van der Waals surface area contributed by atoms with Crippen LogP contribution in [0.2, 0.25) is 0 Å². The van der Waals surface area contributed by atoms with Crippen LogP contribution in [0.1, 0.15) is 16.7 Å². The molecule has 6 heteroatoms. The maximum Gasteiger partial charge on any atom is 0.416 e. The molecule has 0 radical (unpaired) electrons. The third-order valence-electron chi connectivity index (χ3n) is 3.39. The first-order chi connectivity index (χ1) is 10.8. The lowest BCUT2D eigenvalue weighted by molar-refractivity contribution is -0.137. The molecular weight excluding hydrogens is 305 g/mol. The molecule has 0 atom stereocenters. The standard InChI is InChI=1S/C17H17F3N2O/c1-11-5-3-6-12(2)16(11)22-15(23)10-21-14-8-4-7-13(9-14)17(18,19)20/h3-9,21H,10H2,1-2H3,(H,22,23). The number of anilines is 2. The minimum absolute atomic E-state index is 0.116. The Bertz CT molecular complexity index is 691. The molecule has 0 saturated heterocycles. The van der Waals surface area contributed by atoms with Gasteiger partial charge in [-0.1, -0.05) is 24.3 Å². The van der Waals surface area contributed by atoms with Crippen LogP contribution in [0.4, 0.5) is 24.5 Å². The fraction of sp³-hybridized carbons (Fsp3) is 0.235. The van der Waals surface area contributed by atoms with Crippen LogP contribution in [0.5, 0.6) is 0 Å². The van der Waals surface area contributed by atoms with Gasteiger partial charge in [0.25, 0.3) is 0 Å². The van der Waals surface area contributed by atoms with Crippen molar-refractivity contribution >= 4 is 17.3 Å². The van der Waals surface area contributed by atoms with E-state index in [2.05, 4.69) is 10.6 Å². The smallest absolute Gasteiger partial charge is 0.376 e. The van der Waals surface area contributed by atoms with Crippen LogP contribution >= 0.6 is 0 Å². The molecule has 1 amide bonds. The first-order valence-corrected chi connectivity index (χ1v) is 7.04. The van der Waals surface area contributed by atoms with Crippen LogP contribution in [0.3, 0.4) is 0 Å². The number of carbonyl (C=O) groups is 1. The summed E-state index contributed by atoms with van der Waals surface area (Å²) in [6.07, 6.45) is -4.40. The number of alkyl halides is 3. The van der Waals surface area contributed by atoms with E-state index in [-0.39, 0.29) is 18.1 Å². The van der Waals surface area contributed by atoms with Gasteiger partial charge >= 0.3 is 6.18 Å². The van der Waals surface area contributed by atoms with Crippen LogP contribution in [-0.2, 0) is 11.0 Å². The van der Waals surface area contributed by atoms with E-state index in [0.717, 1.165) is 28.9 Å². The molecule has 0 aliphatic rings. The molecule has 2 aromatic rings. The molecule has 0 aliphatic carbocycles. The van der Waals surface area contributed by atoms with Gasteiger partial charge in [0, 0.05) is 11.4 Å². The van der Waals surface area contributed by atoms with Crippen molar-refractivity contribution in [3.05, 3.63) is 59.2 Å². The van der Waals surface area contributed by atoms with Gasteiger partial charge in [0.05, 0.1) is 12.1 Å². The summed E-state index contributed by atoms with van der Waals surface area (Å²) in [6, 6.07) is 10.4. The monoisotopic (exact) mass is 322 g/mol. The highest BCUT2D eigenvalue weighted by Gasteiger charge is 2.30. The van der Waals surface area contributed by atoms with Gasteiger partial charge in [0.1, 0.15) is 0 Å². The van der Waals surface area contributed by atoms with Crippen LogP contribution in [0, 0.1) is 13.8 Å². The second-order valence-corrected chi connectivity index (χ2v) is 5.25. The first-order valence-electron chi connectivity index (χ1n) is 7.04. The number of benzene rings is 2. The number of nitrogens with one attached hydrogen (secondary N) is 2. The molecule has 0 unspecified atom stereocenters. The Morgan fingerprint density at radius 2 is 1.65 bits per heavy atom. The summed E-state index contributed by atoms with van der Waals surface area (Å²) in [5, 5.41) is 5.47. The Balaban J connectivity index is 2.00. The second kappa shape index (κ2) is 6.73. The average molecular weight is 322 g/mol. The van der Waals surface area contributed by atoms with Crippen molar-refractivity contribution < 1.29 is 18.0 Å². The van der Waals surface area contributed by atoms with Gasteiger partial charge in [0.15, 0.2) is 0 Å². The minimum atomic E-state index is -4.40. The summed E-state index contributed by atoms with van der Waals surface area (Å²) >= 11 is 0. The quantitative estimate of drug-likeness (QED) is 0.877. The van der Waals surface area contributed by atoms with E-state index in [9.17, 15) is 18.0 Å². The van der Waals surface area contributed by atoms with Crippen molar-refractivity contribution in [1.29, 1.82) is 0 Å². The Morgan fingerprint density at radius 3 is 2.26 bits per heavy atom. The van der Waals surface area contributed by atoms with E-state index >= 15 is 0 Å². The average Bonchev–Trinajstić information content (AvgIpc) is 2.48. The lowest BCUT2D eigenvalue weighted by atomic mass is 10.1. The van der Waals surface area contributed by atoms with Crippen LogP contribution in [0.25, 0.3) is 0 Å². The SMILES string of the molecule is Cc1cccc(C)c1NC(=O)CNc1cccc(C(F)(F)F)c1. The fourth-order valence-electron chi connectivity index (χ4n) is 2.18. The number of hydrogen-bond acceptors (Lipinski definition) is 2. The predicted molar refractivity (Wildman–Crippen MR) is 84.5 cm³/mol. The van der Waals surface area contributed by atoms with Crippen molar-refractivity contribution in [1.82, 2.24) is 0 Å². The third-order valence-corrected chi connectivity index (χ3v) is 3.39. The van der Waals surface area contributed by atoms with Gasteiger partial charge in [-0.2, -0.15) is 13.2 Å². The number of carbonyl (C=O) groups excluding carboxylic acids is 1. The highest BCUT2D eigenvalue weighted by molar-refractivity contribution is 5.95. The van der Waals surface area contributed by atoms with Gasteiger partial charge in [-0.3, -0.25) is 4.79 Å². The zero-order valence-corrected chi connectivity index (χ0v) is 12.8. The van der Waals surface area contributed by atoms with Crippen LogP contribution in [0.15, 0.2) is 42.5 Å². The molecule has 23 heavy (non-hydrogen) atoms. The molecule has 2 aromatic carbocycles. The number of aryl methyl sites for hydroxylation is 2. The van der Waals surface area contributed by atoms with Crippen LogP contribution < -0.4 is 10.6 Å².